The maximum atomic E-state index is 11.9. The normalized spacial score (nSPS) is 19.0. The number of rotatable bonds is 5. The number of ether oxygens (including phenoxy) is 1. The number of nitrogens with one attached hydrogen (secondary N) is 1. The number of amides is 1. The molecule has 0 saturated carbocycles. The maximum absolute atomic E-state index is 11.9. The molecule has 1 fully saturated rings. The van der Waals surface area contributed by atoms with E-state index in [1.807, 2.05) is 24.1 Å². The van der Waals surface area contributed by atoms with E-state index in [1.54, 1.807) is 12.1 Å². The number of hydrogen-bond donors (Lipinski definition) is 2. The zero-order chi connectivity index (χ0) is 14.4. The molecule has 20 heavy (non-hydrogen) atoms. The summed E-state index contributed by atoms with van der Waals surface area (Å²) < 4.78 is 5.46. The van der Waals surface area contributed by atoms with Gasteiger partial charge in [0.1, 0.15) is 0 Å². The minimum absolute atomic E-state index is 0.00556. The van der Waals surface area contributed by atoms with Crippen LogP contribution in [0.5, 0.6) is 0 Å². The summed E-state index contributed by atoms with van der Waals surface area (Å²) in [6.45, 7) is 2.97. The predicted molar refractivity (Wildman–Crippen MR) is 80.5 cm³/mol. The van der Waals surface area contributed by atoms with Gasteiger partial charge >= 0.3 is 0 Å². The lowest BCUT2D eigenvalue weighted by atomic mass is 10.0. The van der Waals surface area contributed by atoms with Crippen LogP contribution in [0.25, 0.3) is 0 Å². The minimum atomic E-state index is -0.00556. The van der Waals surface area contributed by atoms with Gasteiger partial charge in [0.2, 0.25) is 5.91 Å². The monoisotopic (exact) mass is 277 g/mol. The average molecular weight is 277 g/mol. The van der Waals surface area contributed by atoms with E-state index in [1.165, 1.54) is 6.42 Å². The first-order valence-electron chi connectivity index (χ1n) is 7.05. The number of hydrogen-bond acceptors (Lipinski definition) is 4. The summed E-state index contributed by atoms with van der Waals surface area (Å²) in [5, 5.41) is 2.87. The van der Waals surface area contributed by atoms with Crippen molar-refractivity contribution in [2.45, 2.75) is 12.8 Å². The molecule has 1 aliphatic rings. The molecule has 0 aromatic heterocycles. The van der Waals surface area contributed by atoms with Crippen LogP contribution in [0.15, 0.2) is 24.3 Å². The highest BCUT2D eigenvalue weighted by Crippen LogP contribution is 2.14. The first-order valence-corrected chi connectivity index (χ1v) is 7.05. The second-order valence-electron chi connectivity index (χ2n) is 5.45. The van der Waals surface area contributed by atoms with E-state index in [9.17, 15) is 4.79 Å². The number of anilines is 2. The van der Waals surface area contributed by atoms with Gasteiger partial charge in [-0.25, -0.2) is 0 Å². The Balaban J connectivity index is 1.74. The van der Waals surface area contributed by atoms with E-state index in [2.05, 4.69) is 5.32 Å². The number of likely N-dealkylation sites (N-methyl/N-ethyl adjacent to an activating group) is 1. The SMILES string of the molecule is CN(CC(=O)Nc1ccc(N)cc1)CC1CCCOC1. The molecule has 0 bridgehead atoms. The van der Waals surface area contributed by atoms with Crippen molar-refractivity contribution in [3.05, 3.63) is 24.3 Å². The second kappa shape index (κ2) is 7.26. The van der Waals surface area contributed by atoms with Crippen molar-refractivity contribution in [2.24, 2.45) is 5.92 Å². The zero-order valence-corrected chi connectivity index (χ0v) is 12.0. The fourth-order valence-corrected chi connectivity index (χ4v) is 2.47. The van der Waals surface area contributed by atoms with Gasteiger partial charge in [0.15, 0.2) is 0 Å². The highest BCUT2D eigenvalue weighted by molar-refractivity contribution is 5.92. The third kappa shape index (κ3) is 4.83. The van der Waals surface area contributed by atoms with Crippen molar-refractivity contribution in [3.8, 4) is 0 Å². The van der Waals surface area contributed by atoms with Crippen LogP contribution < -0.4 is 11.1 Å². The Labute approximate surface area is 120 Å². The van der Waals surface area contributed by atoms with Gasteiger partial charge < -0.3 is 15.8 Å². The second-order valence-corrected chi connectivity index (χ2v) is 5.45. The molecule has 5 nitrogen and oxygen atoms in total. The van der Waals surface area contributed by atoms with Crippen LogP contribution in [-0.2, 0) is 9.53 Å². The minimum Gasteiger partial charge on any atom is -0.399 e. The maximum Gasteiger partial charge on any atom is 0.238 e. The van der Waals surface area contributed by atoms with Crippen molar-refractivity contribution >= 4 is 17.3 Å². The van der Waals surface area contributed by atoms with Crippen molar-refractivity contribution in [3.63, 3.8) is 0 Å². The van der Waals surface area contributed by atoms with Gasteiger partial charge in [-0.2, -0.15) is 0 Å². The fraction of sp³-hybridized carbons (Fsp3) is 0.533. The molecule has 0 radical (unpaired) electrons. The Morgan fingerprint density at radius 2 is 2.20 bits per heavy atom. The van der Waals surface area contributed by atoms with Crippen LogP contribution in [0.3, 0.4) is 0 Å². The number of carbonyl (C=O) groups is 1. The van der Waals surface area contributed by atoms with Gasteiger partial charge in [0, 0.05) is 24.5 Å². The molecular formula is C15H23N3O2. The first-order chi connectivity index (χ1) is 9.63. The van der Waals surface area contributed by atoms with Gasteiger partial charge in [-0.15, -0.1) is 0 Å². The summed E-state index contributed by atoms with van der Waals surface area (Å²) in [4.78, 5) is 14.0. The number of benzene rings is 1. The lowest BCUT2D eigenvalue weighted by molar-refractivity contribution is -0.117. The third-order valence-corrected chi connectivity index (χ3v) is 3.43. The first kappa shape index (κ1) is 14.8. The van der Waals surface area contributed by atoms with Crippen molar-refractivity contribution in [2.75, 3.05) is 44.4 Å². The van der Waals surface area contributed by atoms with E-state index < -0.39 is 0 Å². The standard InChI is InChI=1S/C15H23N3O2/c1-18(9-12-3-2-8-20-11-12)10-15(19)17-14-6-4-13(16)5-7-14/h4-7,12H,2-3,8-11,16H2,1H3,(H,17,19). The lowest BCUT2D eigenvalue weighted by Gasteiger charge is -2.26. The Morgan fingerprint density at radius 1 is 1.45 bits per heavy atom. The van der Waals surface area contributed by atoms with Gasteiger partial charge in [0.05, 0.1) is 13.2 Å². The molecule has 1 atom stereocenters. The Hall–Kier alpha value is -1.59. The van der Waals surface area contributed by atoms with E-state index in [-0.39, 0.29) is 5.91 Å². The van der Waals surface area contributed by atoms with Crippen molar-refractivity contribution in [1.29, 1.82) is 0 Å². The van der Waals surface area contributed by atoms with Crippen LogP contribution >= 0.6 is 0 Å². The van der Waals surface area contributed by atoms with Crippen LogP contribution in [0.2, 0.25) is 0 Å². The quantitative estimate of drug-likeness (QED) is 0.802. The predicted octanol–water partition coefficient (Wildman–Crippen LogP) is 1.57. The number of nitrogens with two attached hydrogens (primary N) is 1. The van der Waals surface area contributed by atoms with Crippen LogP contribution in [0.4, 0.5) is 11.4 Å². The molecule has 0 spiro atoms. The van der Waals surface area contributed by atoms with Gasteiger partial charge in [0.25, 0.3) is 0 Å². The molecule has 110 valence electrons. The third-order valence-electron chi connectivity index (χ3n) is 3.43. The van der Waals surface area contributed by atoms with Crippen LogP contribution in [-0.4, -0.2) is 44.2 Å². The molecular weight excluding hydrogens is 254 g/mol. The van der Waals surface area contributed by atoms with E-state index in [0.717, 1.165) is 31.9 Å². The molecule has 0 aliphatic carbocycles. The Morgan fingerprint density at radius 3 is 2.85 bits per heavy atom. The summed E-state index contributed by atoms with van der Waals surface area (Å²) >= 11 is 0. The van der Waals surface area contributed by atoms with E-state index in [4.69, 9.17) is 10.5 Å². The lowest BCUT2D eigenvalue weighted by Crippen LogP contribution is -2.36. The summed E-state index contributed by atoms with van der Waals surface area (Å²) in [6, 6.07) is 7.17. The van der Waals surface area contributed by atoms with E-state index >= 15 is 0 Å². The molecule has 1 heterocycles. The molecule has 1 saturated heterocycles. The van der Waals surface area contributed by atoms with Gasteiger partial charge in [-0.1, -0.05) is 0 Å². The molecule has 2 rings (SSSR count). The van der Waals surface area contributed by atoms with Crippen LogP contribution in [0.1, 0.15) is 12.8 Å². The highest BCUT2D eigenvalue weighted by atomic mass is 16.5. The molecule has 5 heteroatoms. The summed E-state index contributed by atoms with van der Waals surface area (Å²) in [7, 11) is 1.97. The number of carbonyl (C=O) groups excluding carboxylic acids is 1. The molecule has 1 aliphatic heterocycles. The smallest absolute Gasteiger partial charge is 0.238 e. The number of nitrogens with zero attached hydrogens (tertiary/aromatic N) is 1. The summed E-state index contributed by atoms with van der Waals surface area (Å²) in [5.74, 6) is 0.534. The van der Waals surface area contributed by atoms with Crippen molar-refractivity contribution < 1.29 is 9.53 Å². The zero-order valence-electron chi connectivity index (χ0n) is 12.0. The van der Waals surface area contributed by atoms with Gasteiger partial charge in [-0.3, -0.25) is 9.69 Å². The Bertz CT molecular complexity index is 427. The molecule has 1 aromatic carbocycles. The fourth-order valence-electron chi connectivity index (χ4n) is 2.47. The summed E-state index contributed by atoms with van der Waals surface area (Å²) in [6.07, 6.45) is 2.31. The molecule has 1 aromatic rings. The number of nitrogen functional groups attached to an aromatic ring is 1. The van der Waals surface area contributed by atoms with Gasteiger partial charge in [-0.05, 0) is 50.1 Å². The van der Waals surface area contributed by atoms with Crippen molar-refractivity contribution in [1.82, 2.24) is 4.90 Å². The van der Waals surface area contributed by atoms with Crippen LogP contribution in [0, 0.1) is 5.92 Å². The molecule has 3 N–H and O–H groups in total. The highest BCUT2D eigenvalue weighted by Gasteiger charge is 2.17. The molecule has 1 amide bonds. The topological polar surface area (TPSA) is 67.6 Å². The molecule has 1 unspecified atom stereocenters. The largest absolute Gasteiger partial charge is 0.399 e. The average Bonchev–Trinajstić information content (AvgIpc) is 2.42. The summed E-state index contributed by atoms with van der Waals surface area (Å²) in [5.41, 5.74) is 7.08. The van der Waals surface area contributed by atoms with E-state index in [0.29, 0.717) is 18.2 Å². The Kier molecular flexibility index (Phi) is 5.38.